The molecule has 2 aliphatic heterocycles. The number of carbonyl (C=O) groups is 2. The number of likely N-dealkylation sites (tertiary alicyclic amines) is 2. The van der Waals surface area contributed by atoms with Gasteiger partial charge in [-0.1, -0.05) is 0 Å². The number of nitrogens with zero attached hydrogens (tertiary/aromatic N) is 3. The van der Waals surface area contributed by atoms with Crippen LogP contribution in [-0.2, 0) is 14.3 Å². The van der Waals surface area contributed by atoms with E-state index in [0.717, 1.165) is 64.9 Å². The molecule has 0 aliphatic carbocycles. The average Bonchev–Trinajstić information content (AvgIpc) is 2.64. The third kappa shape index (κ3) is 6.21. The predicted octanol–water partition coefficient (Wildman–Crippen LogP) is 0.532. The lowest BCUT2D eigenvalue weighted by Gasteiger charge is -2.39. The molecule has 26 heavy (non-hydrogen) atoms. The maximum absolute atomic E-state index is 12.8. The Balaban J connectivity index is 1.72. The van der Waals surface area contributed by atoms with Gasteiger partial charge in [0.15, 0.2) is 0 Å². The van der Waals surface area contributed by atoms with Crippen molar-refractivity contribution in [1.29, 1.82) is 0 Å². The highest BCUT2D eigenvalue weighted by Crippen LogP contribution is 2.21. The number of piperidine rings is 2. The van der Waals surface area contributed by atoms with E-state index in [1.165, 1.54) is 0 Å². The first-order chi connectivity index (χ1) is 12.4. The van der Waals surface area contributed by atoms with Gasteiger partial charge in [0.25, 0.3) is 0 Å². The van der Waals surface area contributed by atoms with Crippen LogP contribution in [0.3, 0.4) is 0 Å². The van der Waals surface area contributed by atoms with E-state index in [2.05, 4.69) is 23.9 Å². The van der Waals surface area contributed by atoms with Gasteiger partial charge in [-0.15, -0.1) is 0 Å². The topological polar surface area (TPSA) is 79.1 Å². The molecule has 0 bridgehead atoms. The van der Waals surface area contributed by atoms with E-state index in [9.17, 15) is 9.59 Å². The van der Waals surface area contributed by atoms with Crippen LogP contribution in [0.2, 0.25) is 0 Å². The molecule has 2 N–H and O–H groups in total. The summed E-state index contributed by atoms with van der Waals surface area (Å²) in [6, 6.07) is -0.142. The van der Waals surface area contributed by atoms with Crippen molar-refractivity contribution in [3.05, 3.63) is 0 Å². The highest BCUT2D eigenvalue weighted by atomic mass is 16.5. The Hall–Kier alpha value is -1.18. The van der Waals surface area contributed by atoms with Crippen molar-refractivity contribution in [2.24, 2.45) is 11.7 Å². The van der Waals surface area contributed by atoms with Gasteiger partial charge in [0.1, 0.15) is 0 Å². The highest BCUT2D eigenvalue weighted by molar-refractivity contribution is 5.83. The Morgan fingerprint density at radius 1 is 1.19 bits per heavy atom. The van der Waals surface area contributed by atoms with Gasteiger partial charge in [0, 0.05) is 32.8 Å². The molecule has 2 atom stereocenters. The minimum Gasteiger partial charge on any atom is -0.378 e. The lowest BCUT2D eigenvalue weighted by molar-refractivity contribution is -0.140. The van der Waals surface area contributed by atoms with Crippen molar-refractivity contribution < 1.29 is 14.3 Å². The first kappa shape index (κ1) is 21.1. The molecule has 0 spiro atoms. The van der Waals surface area contributed by atoms with Crippen LogP contribution in [0.1, 0.15) is 39.0 Å². The molecule has 0 radical (unpaired) electrons. The molecular weight excluding hydrogens is 332 g/mol. The van der Waals surface area contributed by atoms with Crippen LogP contribution in [0.4, 0.5) is 0 Å². The van der Waals surface area contributed by atoms with Crippen LogP contribution < -0.4 is 5.73 Å². The summed E-state index contributed by atoms with van der Waals surface area (Å²) in [5, 5.41) is 0. The SMILES string of the molecule is C[C@@H](C(=O)N1CCC[C@H](C(N)=O)C1)N1CCC(OCCCN(C)C)CC1. The zero-order chi connectivity index (χ0) is 19.1. The van der Waals surface area contributed by atoms with Crippen LogP contribution in [0, 0.1) is 5.92 Å². The number of amides is 2. The van der Waals surface area contributed by atoms with Gasteiger partial charge in [0.2, 0.25) is 11.8 Å². The molecule has 7 heteroatoms. The Morgan fingerprint density at radius 3 is 2.50 bits per heavy atom. The third-order valence-electron chi connectivity index (χ3n) is 5.62. The van der Waals surface area contributed by atoms with E-state index in [-0.39, 0.29) is 23.8 Å². The quantitative estimate of drug-likeness (QED) is 0.633. The fourth-order valence-corrected chi connectivity index (χ4v) is 3.89. The van der Waals surface area contributed by atoms with Crippen LogP contribution in [0.5, 0.6) is 0 Å². The standard InChI is InChI=1S/C19H36N4O3/c1-15(19(25)23-10-4-6-16(14-23)18(20)24)22-11-7-17(8-12-22)26-13-5-9-21(2)3/h15-17H,4-14H2,1-3H3,(H2,20,24)/t15-,16-/m0/s1. The van der Waals surface area contributed by atoms with Crippen LogP contribution in [-0.4, -0.2) is 92.1 Å². The van der Waals surface area contributed by atoms with Gasteiger partial charge in [0.05, 0.1) is 18.1 Å². The average molecular weight is 369 g/mol. The Morgan fingerprint density at radius 2 is 1.88 bits per heavy atom. The number of ether oxygens (including phenoxy) is 1. The number of rotatable bonds is 8. The summed E-state index contributed by atoms with van der Waals surface area (Å²) in [7, 11) is 4.15. The zero-order valence-corrected chi connectivity index (χ0v) is 16.7. The number of primary amides is 1. The second-order valence-electron chi connectivity index (χ2n) is 7.96. The van der Waals surface area contributed by atoms with Gasteiger partial charge < -0.3 is 20.3 Å². The molecule has 2 heterocycles. The molecule has 0 aromatic heterocycles. The van der Waals surface area contributed by atoms with E-state index in [1.54, 1.807) is 0 Å². The van der Waals surface area contributed by atoms with E-state index >= 15 is 0 Å². The van der Waals surface area contributed by atoms with Gasteiger partial charge in [-0.25, -0.2) is 0 Å². The van der Waals surface area contributed by atoms with Crippen LogP contribution in [0.25, 0.3) is 0 Å². The van der Waals surface area contributed by atoms with Gasteiger partial charge >= 0.3 is 0 Å². The van der Waals surface area contributed by atoms with Gasteiger partial charge in [-0.05, 0) is 59.7 Å². The summed E-state index contributed by atoms with van der Waals surface area (Å²) in [5.41, 5.74) is 5.43. The summed E-state index contributed by atoms with van der Waals surface area (Å²) in [6.07, 6.45) is 4.97. The Labute approximate surface area is 157 Å². The normalized spacial score (nSPS) is 24.0. The summed E-state index contributed by atoms with van der Waals surface area (Å²) in [5.74, 6) is -0.357. The molecule has 0 saturated carbocycles. The van der Waals surface area contributed by atoms with Gasteiger partial charge in [-0.3, -0.25) is 14.5 Å². The van der Waals surface area contributed by atoms with Crippen LogP contribution >= 0.6 is 0 Å². The first-order valence-electron chi connectivity index (χ1n) is 9.97. The zero-order valence-electron chi connectivity index (χ0n) is 16.7. The maximum atomic E-state index is 12.8. The molecule has 2 aliphatic rings. The number of hydrogen-bond acceptors (Lipinski definition) is 5. The van der Waals surface area contributed by atoms with E-state index in [0.29, 0.717) is 12.6 Å². The first-order valence-corrected chi connectivity index (χ1v) is 9.97. The Kier molecular flexibility index (Phi) is 8.31. The fraction of sp³-hybridized carbons (Fsp3) is 0.895. The molecular formula is C19H36N4O3. The van der Waals surface area contributed by atoms with E-state index in [4.69, 9.17) is 10.5 Å². The van der Waals surface area contributed by atoms with E-state index in [1.807, 2.05) is 11.8 Å². The lowest BCUT2D eigenvalue weighted by Crippen LogP contribution is -2.53. The summed E-state index contributed by atoms with van der Waals surface area (Å²) in [6.45, 7) is 6.82. The molecule has 0 aromatic carbocycles. The Bertz CT molecular complexity index is 464. The van der Waals surface area contributed by atoms with Crippen molar-refractivity contribution in [3.8, 4) is 0 Å². The second kappa shape index (κ2) is 10.2. The van der Waals surface area contributed by atoms with Gasteiger partial charge in [-0.2, -0.15) is 0 Å². The summed E-state index contributed by atoms with van der Waals surface area (Å²) >= 11 is 0. The van der Waals surface area contributed by atoms with E-state index < -0.39 is 0 Å². The predicted molar refractivity (Wildman–Crippen MR) is 102 cm³/mol. The molecule has 2 fully saturated rings. The largest absolute Gasteiger partial charge is 0.378 e. The monoisotopic (exact) mass is 368 g/mol. The van der Waals surface area contributed by atoms with Crippen LogP contribution in [0.15, 0.2) is 0 Å². The van der Waals surface area contributed by atoms with Crippen molar-refractivity contribution >= 4 is 11.8 Å². The minimum absolute atomic E-state index is 0.126. The fourth-order valence-electron chi connectivity index (χ4n) is 3.89. The highest BCUT2D eigenvalue weighted by Gasteiger charge is 2.33. The lowest BCUT2D eigenvalue weighted by atomic mass is 9.96. The molecule has 2 rings (SSSR count). The molecule has 150 valence electrons. The van der Waals surface area contributed by atoms with Crippen molar-refractivity contribution in [2.45, 2.75) is 51.2 Å². The van der Waals surface area contributed by atoms with Crippen molar-refractivity contribution in [2.75, 3.05) is 53.4 Å². The smallest absolute Gasteiger partial charge is 0.239 e. The minimum atomic E-state index is -0.289. The molecule has 7 nitrogen and oxygen atoms in total. The third-order valence-corrected chi connectivity index (χ3v) is 5.62. The molecule has 2 amide bonds. The molecule has 2 saturated heterocycles. The number of nitrogens with two attached hydrogens (primary N) is 1. The van der Waals surface area contributed by atoms with Crippen molar-refractivity contribution in [1.82, 2.24) is 14.7 Å². The maximum Gasteiger partial charge on any atom is 0.239 e. The molecule has 0 unspecified atom stereocenters. The number of hydrogen-bond donors (Lipinski definition) is 1. The summed E-state index contributed by atoms with van der Waals surface area (Å²) < 4.78 is 5.98. The van der Waals surface area contributed by atoms with Crippen molar-refractivity contribution in [3.63, 3.8) is 0 Å². The second-order valence-corrected chi connectivity index (χ2v) is 7.96. The molecule has 0 aromatic rings. The number of carbonyl (C=O) groups excluding carboxylic acids is 2. The summed E-state index contributed by atoms with van der Waals surface area (Å²) in [4.78, 5) is 30.5.